The van der Waals surface area contributed by atoms with E-state index in [1.54, 1.807) is 0 Å². The van der Waals surface area contributed by atoms with Gasteiger partial charge in [0.05, 0.1) is 6.04 Å². The van der Waals surface area contributed by atoms with Crippen LogP contribution in [0.5, 0.6) is 0 Å². The Morgan fingerprint density at radius 2 is 1.79 bits per heavy atom. The summed E-state index contributed by atoms with van der Waals surface area (Å²) in [6.07, 6.45) is 4.74. The summed E-state index contributed by atoms with van der Waals surface area (Å²) in [7, 11) is 0. The van der Waals surface area contributed by atoms with Crippen molar-refractivity contribution >= 4 is 0 Å². The van der Waals surface area contributed by atoms with Gasteiger partial charge in [-0.05, 0) is 30.7 Å². The van der Waals surface area contributed by atoms with Gasteiger partial charge in [-0.2, -0.15) is 0 Å². The maximum atomic E-state index is 6.37. The monoisotopic (exact) mass is 262 g/mol. The highest BCUT2D eigenvalue weighted by Crippen LogP contribution is 2.25. The number of aromatic nitrogens is 1. The van der Waals surface area contributed by atoms with Crippen molar-refractivity contribution in [2.45, 2.75) is 32.4 Å². The summed E-state index contributed by atoms with van der Waals surface area (Å²) < 4.78 is 0. The van der Waals surface area contributed by atoms with Crippen molar-refractivity contribution in [2.24, 2.45) is 5.73 Å². The maximum Gasteiger partial charge on any atom is 0.0501 e. The molecule has 2 heterocycles. The van der Waals surface area contributed by atoms with Gasteiger partial charge in [0.2, 0.25) is 0 Å². The van der Waals surface area contributed by atoms with Crippen LogP contribution in [-0.4, -0.2) is 53.5 Å². The van der Waals surface area contributed by atoms with E-state index in [0.717, 1.165) is 39.1 Å². The molecule has 1 saturated heterocycles. The Labute approximate surface area is 116 Å². The zero-order valence-corrected chi connectivity index (χ0v) is 12.1. The van der Waals surface area contributed by atoms with Gasteiger partial charge in [-0.3, -0.25) is 9.88 Å². The van der Waals surface area contributed by atoms with Crippen LogP contribution in [-0.2, 0) is 0 Å². The molecule has 2 N–H and O–H groups in total. The molecule has 4 heteroatoms. The standard InChI is InChI=1S/C15H26N4/c1-3-14(16)15(13-5-7-17-8-6-13)19-11-9-18(4-2)10-12-19/h5-8,14-15H,3-4,9-12,16H2,1-2H3. The van der Waals surface area contributed by atoms with Gasteiger partial charge in [-0.1, -0.05) is 13.8 Å². The summed E-state index contributed by atoms with van der Waals surface area (Å²) in [6, 6.07) is 4.72. The molecular formula is C15H26N4. The minimum Gasteiger partial charge on any atom is -0.326 e. The first-order valence-electron chi connectivity index (χ1n) is 7.38. The van der Waals surface area contributed by atoms with Crippen LogP contribution in [0.2, 0.25) is 0 Å². The molecule has 0 aliphatic carbocycles. The Kier molecular flexibility index (Phi) is 5.31. The maximum absolute atomic E-state index is 6.37. The molecule has 1 fully saturated rings. The van der Waals surface area contributed by atoms with E-state index in [9.17, 15) is 0 Å². The molecular weight excluding hydrogens is 236 g/mol. The summed E-state index contributed by atoms with van der Waals surface area (Å²) in [5.41, 5.74) is 7.67. The molecule has 2 unspecified atom stereocenters. The first-order chi connectivity index (χ1) is 9.26. The van der Waals surface area contributed by atoms with Crippen molar-refractivity contribution in [3.8, 4) is 0 Å². The van der Waals surface area contributed by atoms with E-state index in [1.165, 1.54) is 5.56 Å². The van der Waals surface area contributed by atoms with Crippen molar-refractivity contribution in [3.63, 3.8) is 0 Å². The Balaban J connectivity index is 2.11. The van der Waals surface area contributed by atoms with E-state index in [0.29, 0.717) is 6.04 Å². The van der Waals surface area contributed by atoms with Crippen LogP contribution >= 0.6 is 0 Å². The van der Waals surface area contributed by atoms with Gasteiger partial charge in [0.1, 0.15) is 0 Å². The van der Waals surface area contributed by atoms with E-state index in [-0.39, 0.29) is 6.04 Å². The van der Waals surface area contributed by atoms with Crippen molar-refractivity contribution in [3.05, 3.63) is 30.1 Å². The Morgan fingerprint density at radius 1 is 1.16 bits per heavy atom. The predicted molar refractivity (Wildman–Crippen MR) is 78.9 cm³/mol. The van der Waals surface area contributed by atoms with Crippen LogP contribution in [0, 0.1) is 0 Å². The lowest BCUT2D eigenvalue weighted by atomic mass is 9.96. The molecule has 2 rings (SSSR count). The first-order valence-corrected chi connectivity index (χ1v) is 7.38. The molecule has 0 saturated carbocycles. The fourth-order valence-electron chi connectivity index (χ4n) is 2.87. The summed E-state index contributed by atoms with van der Waals surface area (Å²) in [4.78, 5) is 9.15. The van der Waals surface area contributed by atoms with Crippen molar-refractivity contribution in [2.75, 3.05) is 32.7 Å². The molecule has 0 spiro atoms. The van der Waals surface area contributed by atoms with Crippen molar-refractivity contribution < 1.29 is 0 Å². The predicted octanol–water partition coefficient (Wildman–Crippen LogP) is 1.50. The highest BCUT2D eigenvalue weighted by atomic mass is 15.3. The van der Waals surface area contributed by atoms with Gasteiger partial charge in [-0.25, -0.2) is 0 Å². The summed E-state index contributed by atoms with van der Waals surface area (Å²) >= 11 is 0. The van der Waals surface area contributed by atoms with E-state index in [2.05, 4.69) is 40.8 Å². The van der Waals surface area contributed by atoms with Crippen molar-refractivity contribution in [1.82, 2.24) is 14.8 Å². The van der Waals surface area contributed by atoms with E-state index in [4.69, 9.17) is 5.73 Å². The molecule has 1 aromatic heterocycles. The summed E-state index contributed by atoms with van der Waals surface area (Å²) in [5.74, 6) is 0. The minimum absolute atomic E-state index is 0.190. The zero-order valence-electron chi connectivity index (χ0n) is 12.1. The SMILES string of the molecule is CCC(N)C(c1ccncc1)N1CCN(CC)CC1. The molecule has 1 aliphatic heterocycles. The topological polar surface area (TPSA) is 45.4 Å². The lowest BCUT2D eigenvalue weighted by Crippen LogP contribution is -2.51. The van der Waals surface area contributed by atoms with E-state index >= 15 is 0 Å². The second-order valence-corrected chi connectivity index (χ2v) is 5.27. The number of nitrogens with zero attached hydrogens (tertiary/aromatic N) is 3. The molecule has 106 valence electrons. The van der Waals surface area contributed by atoms with Gasteiger partial charge in [0, 0.05) is 44.6 Å². The number of piperazine rings is 1. The number of likely N-dealkylation sites (N-methyl/N-ethyl adjacent to an activating group) is 1. The fourth-order valence-corrected chi connectivity index (χ4v) is 2.87. The molecule has 0 radical (unpaired) electrons. The molecule has 1 aromatic rings. The number of pyridine rings is 1. The van der Waals surface area contributed by atoms with Gasteiger partial charge < -0.3 is 10.6 Å². The largest absolute Gasteiger partial charge is 0.326 e. The highest BCUT2D eigenvalue weighted by Gasteiger charge is 2.28. The summed E-state index contributed by atoms with van der Waals surface area (Å²) in [5, 5.41) is 0. The van der Waals surface area contributed by atoms with Gasteiger partial charge in [-0.15, -0.1) is 0 Å². The Bertz CT molecular complexity index is 360. The van der Waals surface area contributed by atoms with Crippen LogP contribution in [0.4, 0.5) is 0 Å². The quantitative estimate of drug-likeness (QED) is 0.873. The van der Waals surface area contributed by atoms with Crippen molar-refractivity contribution in [1.29, 1.82) is 0 Å². The molecule has 4 nitrogen and oxygen atoms in total. The smallest absolute Gasteiger partial charge is 0.0501 e. The molecule has 1 aliphatic rings. The third-order valence-electron chi connectivity index (χ3n) is 4.17. The fraction of sp³-hybridized carbons (Fsp3) is 0.667. The second kappa shape index (κ2) is 6.98. The number of hydrogen-bond donors (Lipinski definition) is 1. The lowest BCUT2D eigenvalue weighted by molar-refractivity contribution is 0.0865. The van der Waals surface area contributed by atoms with Crippen LogP contribution in [0.25, 0.3) is 0 Å². The minimum atomic E-state index is 0.190. The van der Waals surface area contributed by atoms with Crippen LogP contribution in [0.3, 0.4) is 0 Å². The highest BCUT2D eigenvalue weighted by molar-refractivity contribution is 5.17. The number of rotatable bonds is 5. The average molecular weight is 262 g/mol. The van der Waals surface area contributed by atoms with E-state index in [1.807, 2.05) is 12.4 Å². The van der Waals surface area contributed by atoms with Gasteiger partial charge in [0.15, 0.2) is 0 Å². The zero-order chi connectivity index (χ0) is 13.7. The molecule has 0 aromatic carbocycles. The molecule has 0 bridgehead atoms. The third kappa shape index (κ3) is 3.53. The lowest BCUT2D eigenvalue weighted by Gasteiger charge is -2.41. The van der Waals surface area contributed by atoms with Gasteiger partial charge in [0.25, 0.3) is 0 Å². The molecule has 19 heavy (non-hydrogen) atoms. The second-order valence-electron chi connectivity index (χ2n) is 5.27. The average Bonchev–Trinajstić information content (AvgIpc) is 2.49. The van der Waals surface area contributed by atoms with E-state index < -0.39 is 0 Å². The van der Waals surface area contributed by atoms with Crippen LogP contribution < -0.4 is 5.73 Å². The molecule has 2 atom stereocenters. The Hall–Kier alpha value is -0.970. The Morgan fingerprint density at radius 3 is 2.32 bits per heavy atom. The third-order valence-corrected chi connectivity index (χ3v) is 4.17. The molecule has 0 amide bonds. The van der Waals surface area contributed by atoms with Gasteiger partial charge >= 0.3 is 0 Å². The normalized spacial score (nSPS) is 21.2. The summed E-state index contributed by atoms with van der Waals surface area (Å²) in [6.45, 7) is 10.1. The van der Waals surface area contributed by atoms with Crippen LogP contribution in [0.1, 0.15) is 31.9 Å². The van der Waals surface area contributed by atoms with Crippen LogP contribution in [0.15, 0.2) is 24.5 Å². The number of nitrogens with two attached hydrogens (primary N) is 1. The first kappa shape index (κ1) is 14.4. The number of hydrogen-bond acceptors (Lipinski definition) is 4.